The first-order valence-electron chi connectivity index (χ1n) is 14.2. The molecule has 4 rings (SSSR count). The van der Waals surface area contributed by atoms with Crippen molar-refractivity contribution >= 4 is 29.3 Å². The smallest absolute Gasteiger partial charge is 0.242 e. The maximum atomic E-state index is 13.7. The van der Waals surface area contributed by atoms with Gasteiger partial charge in [0.15, 0.2) is 11.5 Å². The highest BCUT2D eigenvalue weighted by molar-refractivity contribution is 7.98. The predicted octanol–water partition coefficient (Wildman–Crippen LogP) is 3.69. The lowest BCUT2D eigenvalue weighted by molar-refractivity contribution is -0.122. The summed E-state index contributed by atoms with van der Waals surface area (Å²) in [6.07, 6.45) is 5.63. The molecule has 1 aliphatic heterocycles. The van der Waals surface area contributed by atoms with Crippen molar-refractivity contribution in [1.82, 2.24) is 10.6 Å². The van der Waals surface area contributed by atoms with Crippen LogP contribution in [-0.4, -0.2) is 70.4 Å². The Morgan fingerprint density at radius 1 is 1.10 bits per heavy atom. The number of hydrogen-bond donors (Lipinski definition) is 3. The van der Waals surface area contributed by atoms with Gasteiger partial charge in [-0.2, -0.15) is 11.8 Å². The normalized spacial score (nSPS) is 18.1. The molecule has 42 heavy (non-hydrogen) atoms. The molecular weight excluding hydrogens is 558 g/mol. The van der Waals surface area contributed by atoms with Crippen molar-refractivity contribution in [2.24, 2.45) is 0 Å². The minimum absolute atomic E-state index is 0.0202. The van der Waals surface area contributed by atoms with Crippen molar-refractivity contribution in [1.29, 1.82) is 0 Å². The van der Waals surface area contributed by atoms with Gasteiger partial charge in [0.25, 0.3) is 0 Å². The largest absolute Gasteiger partial charge is 0.493 e. The fourth-order valence-corrected chi connectivity index (χ4v) is 6.13. The van der Waals surface area contributed by atoms with Gasteiger partial charge in [-0.15, -0.1) is 0 Å². The zero-order chi connectivity index (χ0) is 30.2. The summed E-state index contributed by atoms with van der Waals surface area (Å²) in [5.41, 5.74) is 3.12. The van der Waals surface area contributed by atoms with Crippen LogP contribution in [-0.2, 0) is 20.7 Å². The number of aryl methyl sites for hydroxylation is 1. The molecule has 2 amide bonds. The van der Waals surface area contributed by atoms with Gasteiger partial charge in [0.05, 0.1) is 39.2 Å². The van der Waals surface area contributed by atoms with Gasteiger partial charge in [-0.1, -0.05) is 6.07 Å². The summed E-state index contributed by atoms with van der Waals surface area (Å²) in [7, 11) is 4.68. The quantitative estimate of drug-likeness (QED) is 0.335. The van der Waals surface area contributed by atoms with Crippen LogP contribution in [0.1, 0.15) is 49.8 Å². The number of carbonyl (C=O) groups is 2. The standard InChI is InChI=1S/C31H41N3O7S/c1-18(35)33-23-10-8-19-15-27(38-2)29(39-3)30(40-4)28(19)21-9-11-24(26(36)16-22(21)23)34-25(12-14-42-5)31(37)32-17-20-7-6-13-41-20/h9,11,15-16,20,23,25H,6-8,10,12-14,17H2,1-5H3,(H,32,37)(H,33,35)(H,34,36)/t20-,23-,25-/m0/s1. The van der Waals surface area contributed by atoms with Crippen LogP contribution in [0.2, 0.25) is 0 Å². The van der Waals surface area contributed by atoms with Gasteiger partial charge in [-0.05, 0) is 79.0 Å². The molecule has 228 valence electrons. The van der Waals surface area contributed by atoms with Crippen molar-refractivity contribution in [3.8, 4) is 28.4 Å². The van der Waals surface area contributed by atoms with E-state index in [1.165, 1.54) is 6.92 Å². The third kappa shape index (κ3) is 7.12. The van der Waals surface area contributed by atoms with Gasteiger partial charge in [0.2, 0.25) is 23.0 Å². The molecule has 1 aliphatic carbocycles. The highest BCUT2D eigenvalue weighted by Crippen LogP contribution is 2.50. The van der Waals surface area contributed by atoms with Gasteiger partial charge in [-0.3, -0.25) is 14.4 Å². The lowest BCUT2D eigenvalue weighted by Crippen LogP contribution is -2.43. The molecule has 0 bridgehead atoms. The van der Waals surface area contributed by atoms with Crippen molar-refractivity contribution in [3.63, 3.8) is 0 Å². The number of anilines is 1. The number of thioether (sulfide) groups is 1. The van der Waals surface area contributed by atoms with E-state index in [4.69, 9.17) is 18.9 Å². The fourth-order valence-electron chi connectivity index (χ4n) is 5.66. The summed E-state index contributed by atoms with van der Waals surface area (Å²) in [6.45, 7) is 2.62. The number of carbonyl (C=O) groups excluding carboxylic acids is 2. The van der Waals surface area contributed by atoms with E-state index in [0.29, 0.717) is 60.9 Å². The average molecular weight is 600 g/mol. The molecule has 0 saturated carbocycles. The Labute approximate surface area is 251 Å². The number of nitrogens with one attached hydrogen (secondary N) is 3. The molecule has 2 aliphatic rings. The molecular formula is C31H41N3O7S. The van der Waals surface area contributed by atoms with E-state index in [1.54, 1.807) is 45.2 Å². The van der Waals surface area contributed by atoms with Crippen molar-refractivity contribution in [2.75, 3.05) is 51.8 Å². The van der Waals surface area contributed by atoms with Crippen molar-refractivity contribution in [2.45, 2.75) is 57.2 Å². The molecule has 0 radical (unpaired) electrons. The van der Waals surface area contributed by atoms with E-state index < -0.39 is 12.1 Å². The molecule has 1 saturated heterocycles. The van der Waals surface area contributed by atoms with Gasteiger partial charge < -0.3 is 34.9 Å². The number of benzene rings is 1. The highest BCUT2D eigenvalue weighted by Gasteiger charge is 2.30. The topological polar surface area (TPSA) is 124 Å². The average Bonchev–Trinajstić information content (AvgIpc) is 3.40. The minimum Gasteiger partial charge on any atom is -0.493 e. The lowest BCUT2D eigenvalue weighted by Gasteiger charge is -2.20. The number of methoxy groups -OCH3 is 3. The first-order chi connectivity index (χ1) is 20.3. The Morgan fingerprint density at radius 3 is 2.52 bits per heavy atom. The summed E-state index contributed by atoms with van der Waals surface area (Å²) in [5, 5.41) is 9.24. The Balaban J connectivity index is 1.79. The van der Waals surface area contributed by atoms with Crippen LogP contribution in [0.25, 0.3) is 11.1 Å². The number of amides is 2. The number of ether oxygens (including phenoxy) is 4. The van der Waals surface area contributed by atoms with Crippen molar-refractivity contribution < 1.29 is 28.5 Å². The summed E-state index contributed by atoms with van der Waals surface area (Å²) in [4.78, 5) is 39.2. The summed E-state index contributed by atoms with van der Waals surface area (Å²) < 4.78 is 22.8. The van der Waals surface area contributed by atoms with Crippen molar-refractivity contribution in [3.05, 3.63) is 45.6 Å². The molecule has 11 heteroatoms. The second kappa shape index (κ2) is 14.6. The maximum absolute atomic E-state index is 13.7. The summed E-state index contributed by atoms with van der Waals surface area (Å²) in [6, 6.07) is 6.00. The Kier molecular flexibility index (Phi) is 11.0. The molecule has 3 N–H and O–H groups in total. The minimum atomic E-state index is -0.605. The van der Waals surface area contributed by atoms with Crippen LogP contribution in [0.15, 0.2) is 29.1 Å². The fraction of sp³-hybridized carbons (Fsp3) is 0.516. The van der Waals surface area contributed by atoms with E-state index in [-0.39, 0.29) is 23.3 Å². The first kappa shape index (κ1) is 31.5. The van der Waals surface area contributed by atoms with Crippen LogP contribution in [0.5, 0.6) is 17.2 Å². The number of fused-ring (bicyclic) bond motifs is 3. The summed E-state index contributed by atoms with van der Waals surface area (Å²) >= 11 is 1.64. The van der Waals surface area contributed by atoms with Gasteiger partial charge in [0.1, 0.15) is 6.04 Å². The molecule has 2 aromatic rings. The zero-order valence-electron chi connectivity index (χ0n) is 25.0. The Hall–Kier alpha value is -3.44. The predicted molar refractivity (Wildman–Crippen MR) is 165 cm³/mol. The molecule has 1 fully saturated rings. The van der Waals surface area contributed by atoms with Crippen LogP contribution in [0.3, 0.4) is 0 Å². The Morgan fingerprint density at radius 2 is 1.88 bits per heavy atom. The second-order valence-corrected chi connectivity index (χ2v) is 11.4. The lowest BCUT2D eigenvalue weighted by atomic mass is 9.95. The third-order valence-electron chi connectivity index (χ3n) is 7.70. The van der Waals surface area contributed by atoms with E-state index in [1.807, 2.05) is 18.4 Å². The van der Waals surface area contributed by atoms with E-state index in [2.05, 4.69) is 16.0 Å². The van der Waals surface area contributed by atoms with Gasteiger partial charge in [0, 0.05) is 25.6 Å². The third-order valence-corrected chi connectivity index (χ3v) is 8.34. The first-order valence-corrected chi connectivity index (χ1v) is 15.6. The summed E-state index contributed by atoms with van der Waals surface area (Å²) in [5.74, 6) is 1.82. The van der Waals surface area contributed by atoms with Gasteiger partial charge in [-0.25, -0.2) is 0 Å². The molecule has 0 aromatic heterocycles. The molecule has 1 heterocycles. The van der Waals surface area contributed by atoms with Gasteiger partial charge >= 0.3 is 0 Å². The van der Waals surface area contributed by atoms with Crippen LogP contribution < -0.4 is 35.6 Å². The molecule has 2 aromatic carbocycles. The molecule has 0 unspecified atom stereocenters. The zero-order valence-corrected chi connectivity index (χ0v) is 25.8. The monoisotopic (exact) mass is 599 g/mol. The maximum Gasteiger partial charge on any atom is 0.242 e. The van der Waals surface area contributed by atoms with E-state index >= 15 is 0 Å². The second-order valence-electron chi connectivity index (χ2n) is 10.5. The highest BCUT2D eigenvalue weighted by atomic mass is 32.2. The molecule has 10 nitrogen and oxygen atoms in total. The number of rotatable bonds is 12. The van der Waals surface area contributed by atoms with Crippen LogP contribution in [0.4, 0.5) is 5.69 Å². The van der Waals surface area contributed by atoms with E-state index in [9.17, 15) is 14.4 Å². The van der Waals surface area contributed by atoms with Crippen LogP contribution >= 0.6 is 11.8 Å². The molecule has 0 spiro atoms. The van der Waals surface area contributed by atoms with Crippen LogP contribution in [0, 0.1) is 0 Å². The van der Waals surface area contributed by atoms with E-state index in [0.717, 1.165) is 35.3 Å². The number of hydrogen-bond acceptors (Lipinski definition) is 9. The molecule has 3 atom stereocenters. The Bertz CT molecular complexity index is 1350. The SMILES string of the molecule is COc1cc2c(c(OC)c1OC)-c1ccc(N[C@@H](CCSC)C(=O)NC[C@@H]3CCCO3)c(=O)cc1[C@@H](NC(C)=O)CC2.